The number of ketones is 1. The Morgan fingerprint density at radius 2 is 1.20 bits per heavy atom. The molecule has 0 saturated heterocycles. The van der Waals surface area contributed by atoms with Crippen LogP contribution in [0, 0.1) is 0 Å². The van der Waals surface area contributed by atoms with Crippen LogP contribution in [0.3, 0.4) is 0 Å². The lowest BCUT2D eigenvalue weighted by Gasteiger charge is -2.04. The molecule has 0 aliphatic carbocycles. The van der Waals surface area contributed by atoms with Crippen molar-refractivity contribution in [3.63, 3.8) is 0 Å². The minimum atomic E-state index is -0.500. The lowest BCUT2D eigenvalue weighted by Crippen LogP contribution is -2.10. The Labute approximate surface area is 64.3 Å². The van der Waals surface area contributed by atoms with Gasteiger partial charge in [-0.25, -0.2) is 0 Å². The second-order valence-electron chi connectivity index (χ2n) is 3.08. The van der Waals surface area contributed by atoms with Crippen LogP contribution in [0.5, 0.6) is 0 Å². The zero-order chi connectivity index (χ0) is 8.08. The van der Waals surface area contributed by atoms with Crippen molar-refractivity contribution in [1.82, 2.24) is 0 Å². The number of hydrogen-bond acceptors (Lipinski definition) is 2. The van der Waals surface area contributed by atoms with Crippen LogP contribution in [-0.4, -0.2) is 16.5 Å². The Balaban J connectivity index is -0.0000000910. The van der Waals surface area contributed by atoms with E-state index in [0.717, 1.165) is 0 Å². The Kier molecular flexibility index (Phi) is 11.0. The zero-order valence-corrected chi connectivity index (χ0v) is 6.86. The van der Waals surface area contributed by atoms with Gasteiger partial charge in [-0.1, -0.05) is 7.43 Å². The number of rotatable bonds is 0. The SMILES string of the molecule is C.CC(C)(C)O.CC(C)=O. The molecule has 0 amide bonds. The summed E-state index contributed by atoms with van der Waals surface area (Å²) >= 11 is 0. The molecular formula is C8H20O2. The van der Waals surface area contributed by atoms with Crippen molar-refractivity contribution < 1.29 is 9.90 Å². The van der Waals surface area contributed by atoms with Gasteiger partial charge < -0.3 is 9.90 Å². The molecule has 10 heavy (non-hydrogen) atoms. The standard InChI is InChI=1S/C4H10O.C3H6O.CH4/c1-4(2,3)5;1-3(2)4;/h5H,1-3H3;1-2H3;1H4. The molecule has 0 aliphatic heterocycles. The first-order chi connectivity index (χ1) is 3.73. The van der Waals surface area contributed by atoms with Crippen LogP contribution in [0.25, 0.3) is 0 Å². The average molecular weight is 148 g/mol. The van der Waals surface area contributed by atoms with Crippen molar-refractivity contribution in [2.75, 3.05) is 0 Å². The van der Waals surface area contributed by atoms with Gasteiger partial charge in [0.1, 0.15) is 5.78 Å². The van der Waals surface area contributed by atoms with Crippen LogP contribution in [0.4, 0.5) is 0 Å². The molecule has 0 rings (SSSR count). The maximum atomic E-state index is 9.44. The van der Waals surface area contributed by atoms with Gasteiger partial charge in [-0.05, 0) is 34.6 Å². The van der Waals surface area contributed by atoms with E-state index in [9.17, 15) is 4.79 Å². The highest BCUT2D eigenvalue weighted by molar-refractivity contribution is 5.72. The first-order valence-corrected chi connectivity index (χ1v) is 2.93. The molecule has 0 spiro atoms. The molecular weight excluding hydrogens is 128 g/mol. The Hall–Kier alpha value is -0.370. The molecule has 1 N–H and O–H groups in total. The van der Waals surface area contributed by atoms with Crippen LogP contribution < -0.4 is 0 Å². The van der Waals surface area contributed by atoms with Crippen LogP contribution in [-0.2, 0) is 4.79 Å². The minimum Gasteiger partial charge on any atom is -0.391 e. The smallest absolute Gasteiger partial charge is 0.126 e. The number of hydrogen-bond donors (Lipinski definition) is 1. The topological polar surface area (TPSA) is 37.3 Å². The quantitative estimate of drug-likeness (QED) is 0.570. The van der Waals surface area contributed by atoms with E-state index in [1.807, 2.05) is 0 Å². The van der Waals surface area contributed by atoms with Crippen LogP contribution in [0.15, 0.2) is 0 Å². The van der Waals surface area contributed by atoms with Gasteiger partial charge in [0.05, 0.1) is 5.60 Å². The fraction of sp³-hybridized carbons (Fsp3) is 0.875. The highest BCUT2D eigenvalue weighted by Gasteiger charge is 1.97. The van der Waals surface area contributed by atoms with Gasteiger partial charge in [0, 0.05) is 0 Å². The molecule has 0 aliphatic rings. The maximum Gasteiger partial charge on any atom is 0.126 e. The number of carbonyl (C=O) groups excluding carboxylic acids is 1. The fourth-order valence-corrected chi connectivity index (χ4v) is 0. The van der Waals surface area contributed by atoms with Crippen LogP contribution >= 0.6 is 0 Å². The van der Waals surface area contributed by atoms with E-state index in [0.29, 0.717) is 0 Å². The second kappa shape index (κ2) is 6.75. The first-order valence-electron chi connectivity index (χ1n) is 2.93. The first kappa shape index (κ1) is 16.3. The Morgan fingerprint density at radius 3 is 1.20 bits per heavy atom. The normalized spacial score (nSPS) is 8.60. The summed E-state index contributed by atoms with van der Waals surface area (Å²) in [6.07, 6.45) is 0. The third-order valence-electron chi connectivity index (χ3n) is 0. The molecule has 64 valence electrons. The molecule has 0 fully saturated rings. The summed E-state index contributed by atoms with van der Waals surface area (Å²) in [4.78, 5) is 9.44. The highest BCUT2D eigenvalue weighted by Crippen LogP contribution is 1.93. The van der Waals surface area contributed by atoms with Crippen LogP contribution in [0.1, 0.15) is 42.0 Å². The molecule has 0 radical (unpaired) electrons. The van der Waals surface area contributed by atoms with Gasteiger partial charge in [0.2, 0.25) is 0 Å². The monoisotopic (exact) mass is 148 g/mol. The molecule has 0 atom stereocenters. The van der Waals surface area contributed by atoms with E-state index >= 15 is 0 Å². The molecule has 0 bridgehead atoms. The predicted molar refractivity (Wildman–Crippen MR) is 45.1 cm³/mol. The molecule has 0 aromatic heterocycles. The molecule has 0 saturated carbocycles. The predicted octanol–water partition coefficient (Wildman–Crippen LogP) is 2.01. The number of aliphatic hydroxyl groups is 1. The number of Topliss-reactive ketones (excluding diaryl/α,β-unsaturated/α-hetero) is 1. The van der Waals surface area contributed by atoms with Gasteiger partial charge in [0.15, 0.2) is 0 Å². The van der Waals surface area contributed by atoms with E-state index in [1.165, 1.54) is 13.8 Å². The molecule has 2 heteroatoms. The zero-order valence-electron chi connectivity index (χ0n) is 6.86. The van der Waals surface area contributed by atoms with Crippen molar-refractivity contribution in [3.8, 4) is 0 Å². The van der Waals surface area contributed by atoms with Gasteiger partial charge in [-0.15, -0.1) is 0 Å². The summed E-state index contributed by atoms with van der Waals surface area (Å²) in [5.74, 6) is 0.167. The summed E-state index contributed by atoms with van der Waals surface area (Å²) in [6, 6.07) is 0. The third kappa shape index (κ3) is 2450. The molecule has 0 unspecified atom stereocenters. The third-order valence-corrected chi connectivity index (χ3v) is 0. The lowest BCUT2D eigenvalue weighted by molar-refractivity contribution is -0.114. The highest BCUT2D eigenvalue weighted by atomic mass is 16.3. The van der Waals surface area contributed by atoms with Gasteiger partial charge in [-0.3, -0.25) is 0 Å². The second-order valence-corrected chi connectivity index (χ2v) is 3.08. The average Bonchev–Trinajstić information content (AvgIpc) is 1.19. The Morgan fingerprint density at radius 1 is 1.20 bits per heavy atom. The van der Waals surface area contributed by atoms with Gasteiger partial charge in [-0.2, -0.15) is 0 Å². The van der Waals surface area contributed by atoms with Gasteiger partial charge in [0.25, 0.3) is 0 Å². The van der Waals surface area contributed by atoms with E-state index < -0.39 is 5.60 Å². The summed E-state index contributed by atoms with van der Waals surface area (Å²) in [5, 5.41) is 8.52. The van der Waals surface area contributed by atoms with E-state index in [2.05, 4.69) is 0 Å². The largest absolute Gasteiger partial charge is 0.391 e. The van der Waals surface area contributed by atoms with Crippen molar-refractivity contribution in [2.24, 2.45) is 0 Å². The van der Waals surface area contributed by atoms with E-state index in [1.54, 1.807) is 20.8 Å². The van der Waals surface area contributed by atoms with Crippen LogP contribution in [0.2, 0.25) is 0 Å². The van der Waals surface area contributed by atoms with Gasteiger partial charge >= 0.3 is 0 Å². The summed E-state index contributed by atoms with van der Waals surface area (Å²) < 4.78 is 0. The van der Waals surface area contributed by atoms with Crippen molar-refractivity contribution in [1.29, 1.82) is 0 Å². The van der Waals surface area contributed by atoms with Crippen molar-refractivity contribution in [2.45, 2.75) is 47.6 Å². The molecule has 0 aromatic carbocycles. The van der Waals surface area contributed by atoms with Crippen molar-refractivity contribution in [3.05, 3.63) is 0 Å². The number of carbonyl (C=O) groups is 1. The molecule has 0 aromatic rings. The van der Waals surface area contributed by atoms with E-state index in [-0.39, 0.29) is 13.2 Å². The molecule has 2 nitrogen and oxygen atoms in total. The molecule has 0 heterocycles. The fourth-order valence-electron chi connectivity index (χ4n) is 0. The van der Waals surface area contributed by atoms with Crippen molar-refractivity contribution >= 4 is 5.78 Å². The van der Waals surface area contributed by atoms with E-state index in [4.69, 9.17) is 5.11 Å². The minimum absolute atomic E-state index is 0. The maximum absolute atomic E-state index is 9.44. The lowest BCUT2D eigenvalue weighted by atomic mass is 10.2. The summed E-state index contributed by atoms with van der Waals surface area (Å²) in [5.41, 5.74) is -0.500. The Bertz CT molecular complexity index is 69.7. The summed E-state index contributed by atoms with van der Waals surface area (Å²) in [6.45, 7) is 8.28. The summed E-state index contributed by atoms with van der Waals surface area (Å²) in [7, 11) is 0.